The summed E-state index contributed by atoms with van der Waals surface area (Å²) < 4.78 is 0. The molecule has 1 unspecified atom stereocenters. The number of hydrogen-bond acceptors (Lipinski definition) is 2. The summed E-state index contributed by atoms with van der Waals surface area (Å²) in [4.78, 5) is 11.1. The van der Waals surface area contributed by atoms with Crippen molar-refractivity contribution >= 4 is 6.41 Å². The molecule has 0 fully saturated rings. The molecule has 0 aromatic heterocycles. The van der Waals surface area contributed by atoms with Crippen molar-refractivity contribution in [2.45, 2.75) is 12.1 Å². The van der Waals surface area contributed by atoms with Gasteiger partial charge in [0.15, 0.2) is 0 Å². The molecule has 0 saturated heterocycles. The van der Waals surface area contributed by atoms with Gasteiger partial charge in [0.1, 0.15) is 5.66 Å². The fraction of sp³-hybridized carbons (Fsp3) is 0.188. The Balaban J connectivity index is 2.20. The summed E-state index contributed by atoms with van der Waals surface area (Å²) in [5, 5.41) is 6.44. The van der Waals surface area contributed by atoms with Crippen LogP contribution in [-0.4, -0.2) is 13.0 Å². The molecule has 1 atom stereocenters. The molecule has 0 spiro atoms. The van der Waals surface area contributed by atoms with Gasteiger partial charge in [-0.25, -0.2) is 0 Å². The van der Waals surface area contributed by atoms with Gasteiger partial charge in [-0.3, -0.25) is 10.1 Å². The molecule has 3 nitrogen and oxygen atoms in total. The van der Waals surface area contributed by atoms with E-state index in [4.69, 9.17) is 0 Å². The third kappa shape index (κ3) is 1.92. The average molecular weight is 252 g/mol. The molecule has 96 valence electrons. The van der Waals surface area contributed by atoms with Gasteiger partial charge in [0.05, 0.1) is 0 Å². The Bertz CT molecular complexity index is 582. The Kier molecular flexibility index (Phi) is 3.05. The molecule has 19 heavy (non-hydrogen) atoms. The van der Waals surface area contributed by atoms with Crippen LogP contribution in [0.1, 0.15) is 16.7 Å². The molecule has 1 heterocycles. The van der Waals surface area contributed by atoms with Crippen molar-refractivity contribution in [3.05, 3.63) is 71.3 Å². The van der Waals surface area contributed by atoms with Crippen LogP contribution in [0.25, 0.3) is 0 Å². The smallest absolute Gasteiger partial charge is 0.209 e. The van der Waals surface area contributed by atoms with Crippen LogP contribution in [0.15, 0.2) is 54.6 Å². The van der Waals surface area contributed by atoms with Gasteiger partial charge >= 0.3 is 0 Å². The number of carbonyl (C=O) groups is 1. The predicted octanol–water partition coefficient (Wildman–Crippen LogP) is 1.78. The molecule has 1 aliphatic heterocycles. The molecule has 2 aromatic carbocycles. The highest BCUT2D eigenvalue weighted by atomic mass is 16.1. The first kappa shape index (κ1) is 11.9. The molecule has 1 amide bonds. The molecule has 1 aliphatic rings. The lowest BCUT2D eigenvalue weighted by Gasteiger charge is -2.40. The number of fused-ring (bicyclic) bond motifs is 1. The minimum Gasteiger partial charge on any atom is -0.333 e. The van der Waals surface area contributed by atoms with E-state index in [-0.39, 0.29) is 0 Å². The van der Waals surface area contributed by atoms with Crippen LogP contribution < -0.4 is 10.6 Å². The average Bonchev–Trinajstić information content (AvgIpc) is 2.49. The fourth-order valence-corrected chi connectivity index (χ4v) is 2.83. The summed E-state index contributed by atoms with van der Waals surface area (Å²) >= 11 is 0. The SMILES string of the molecule is O=CNC1(c2ccccc2)NCCc2ccccc21. The number of benzene rings is 2. The lowest BCUT2D eigenvalue weighted by atomic mass is 9.84. The molecule has 0 bridgehead atoms. The third-order valence-corrected chi connectivity index (χ3v) is 3.69. The van der Waals surface area contributed by atoms with E-state index in [1.165, 1.54) is 5.56 Å². The lowest BCUT2D eigenvalue weighted by Crippen LogP contribution is -2.57. The summed E-state index contributed by atoms with van der Waals surface area (Å²) in [6.45, 7) is 0.840. The maximum atomic E-state index is 11.1. The second-order valence-corrected chi connectivity index (χ2v) is 4.71. The van der Waals surface area contributed by atoms with E-state index in [0.717, 1.165) is 30.5 Å². The zero-order valence-electron chi connectivity index (χ0n) is 10.6. The van der Waals surface area contributed by atoms with Crippen molar-refractivity contribution in [1.29, 1.82) is 0 Å². The molecule has 2 N–H and O–H groups in total. The van der Waals surface area contributed by atoms with Crippen LogP contribution in [0, 0.1) is 0 Å². The van der Waals surface area contributed by atoms with Gasteiger partial charge in [0.2, 0.25) is 6.41 Å². The monoisotopic (exact) mass is 252 g/mol. The van der Waals surface area contributed by atoms with Crippen molar-refractivity contribution in [2.24, 2.45) is 0 Å². The maximum absolute atomic E-state index is 11.1. The minimum absolute atomic E-state index is 0.613. The maximum Gasteiger partial charge on any atom is 0.209 e. The lowest BCUT2D eigenvalue weighted by molar-refractivity contribution is -0.111. The van der Waals surface area contributed by atoms with Crippen molar-refractivity contribution in [2.75, 3.05) is 6.54 Å². The molecule has 2 aromatic rings. The van der Waals surface area contributed by atoms with Crippen molar-refractivity contribution in [1.82, 2.24) is 10.6 Å². The molecule has 0 aliphatic carbocycles. The van der Waals surface area contributed by atoms with Gasteiger partial charge in [-0.15, -0.1) is 0 Å². The molecular weight excluding hydrogens is 236 g/mol. The zero-order chi connectivity index (χ0) is 13.1. The summed E-state index contributed by atoms with van der Waals surface area (Å²) in [7, 11) is 0. The molecular formula is C16H16N2O. The van der Waals surface area contributed by atoms with Crippen LogP contribution in [0.3, 0.4) is 0 Å². The Hall–Kier alpha value is -2.13. The van der Waals surface area contributed by atoms with E-state index < -0.39 is 5.66 Å². The van der Waals surface area contributed by atoms with Crippen molar-refractivity contribution in [3.63, 3.8) is 0 Å². The van der Waals surface area contributed by atoms with Crippen molar-refractivity contribution in [3.8, 4) is 0 Å². The second-order valence-electron chi connectivity index (χ2n) is 4.71. The van der Waals surface area contributed by atoms with Crippen LogP contribution in [0.4, 0.5) is 0 Å². The number of amides is 1. The standard InChI is InChI=1S/C16H16N2O/c19-12-18-16(14-7-2-1-3-8-14)15-9-5-4-6-13(15)10-11-17-16/h1-9,12,17H,10-11H2,(H,18,19). The van der Waals surface area contributed by atoms with Gasteiger partial charge in [-0.05, 0) is 23.1 Å². The number of carbonyl (C=O) groups excluding carboxylic acids is 1. The summed E-state index contributed by atoms with van der Waals surface area (Å²) in [6.07, 6.45) is 1.74. The van der Waals surface area contributed by atoms with Crippen LogP contribution in [-0.2, 0) is 16.9 Å². The van der Waals surface area contributed by atoms with Gasteiger partial charge < -0.3 is 5.32 Å². The minimum atomic E-state index is -0.613. The quantitative estimate of drug-likeness (QED) is 0.818. The first-order valence-corrected chi connectivity index (χ1v) is 6.47. The number of rotatable bonds is 3. The normalized spacial score (nSPS) is 21.5. The number of nitrogens with one attached hydrogen (secondary N) is 2. The van der Waals surface area contributed by atoms with E-state index >= 15 is 0 Å². The van der Waals surface area contributed by atoms with E-state index in [2.05, 4.69) is 22.8 Å². The van der Waals surface area contributed by atoms with E-state index in [0.29, 0.717) is 0 Å². The van der Waals surface area contributed by atoms with Crippen molar-refractivity contribution < 1.29 is 4.79 Å². The first-order chi connectivity index (χ1) is 9.37. The number of hydrogen-bond donors (Lipinski definition) is 2. The summed E-state index contributed by atoms with van der Waals surface area (Å²) in [5.74, 6) is 0. The fourth-order valence-electron chi connectivity index (χ4n) is 2.83. The Morgan fingerprint density at radius 3 is 2.58 bits per heavy atom. The van der Waals surface area contributed by atoms with Crippen LogP contribution in [0.5, 0.6) is 0 Å². The highest BCUT2D eigenvalue weighted by Crippen LogP contribution is 2.32. The van der Waals surface area contributed by atoms with Gasteiger partial charge in [0, 0.05) is 6.54 Å². The summed E-state index contributed by atoms with van der Waals surface area (Å²) in [5.41, 5.74) is 2.84. The van der Waals surface area contributed by atoms with E-state index in [9.17, 15) is 4.79 Å². The van der Waals surface area contributed by atoms with Gasteiger partial charge in [0.25, 0.3) is 0 Å². The first-order valence-electron chi connectivity index (χ1n) is 6.47. The molecule has 3 heteroatoms. The second kappa shape index (κ2) is 4.86. The molecule has 3 rings (SSSR count). The van der Waals surface area contributed by atoms with Gasteiger partial charge in [-0.2, -0.15) is 0 Å². The third-order valence-electron chi connectivity index (χ3n) is 3.69. The van der Waals surface area contributed by atoms with Crippen LogP contribution in [0.2, 0.25) is 0 Å². The van der Waals surface area contributed by atoms with Crippen LogP contribution >= 0.6 is 0 Å². The van der Waals surface area contributed by atoms with Gasteiger partial charge in [-0.1, -0.05) is 54.6 Å². The predicted molar refractivity (Wildman–Crippen MR) is 74.6 cm³/mol. The highest BCUT2D eigenvalue weighted by Gasteiger charge is 2.37. The summed E-state index contributed by atoms with van der Waals surface area (Å²) in [6, 6.07) is 18.3. The topological polar surface area (TPSA) is 41.1 Å². The zero-order valence-corrected chi connectivity index (χ0v) is 10.6. The Morgan fingerprint density at radius 1 is 1.05 bits per heavy atom. The van der Waals surface area contributed by atoms with E-state index in [1.807, 2.05) is 42.5 Å². The Labute approximate surface area is 112 Å². The largest absolute Gasteiger partial charge is 0.333 e. The van der Waals surface area contributed by atoms with E-state index in [1.54, 1.807) is 0 Å². The Morgan fingerprint density at radius 2 is 1.79 bits per heavy atom. The molecule has 0 saturated carbocycles. The highest BCUT2D eigenvalue weighted by molar-refractivity contribution is 5.55. The molecule has 0 radical (unpaired) electrons.